The van der Waals surface area contributed by atoms with E-state index in [1.807, 2.05) is 0 Å². The van der Waals surface area contributed by atoms with Crippen LogP contribution >= 0.6 is 0 Å². The molecule has 0 spiro atoms. The van der Waals surface area contributed by atoms with Crippen LogP contribution in [-0.2, 0) is 16.9 Å². The summed E-state index contributed by atoms with van der Waals surface area (Å²) in [4.78, 5) is 39.0. The van der Waals surface area contributed by atoms with Gasteiger partial charge in [0.25, 0.3) is 5.91 Å². The zero-order valence-corrected chi connectivity index (χ0v) is 17.2. The largest absolute Gasteiger partial charge is 0.466 e. The highest BCUT2D eigenvalue weighted by Gasteiger charge is 2.51. The lowest BCUT2D eigenvalue weighted by Crippen LogP contribution is -2.41. The Hall–Kier alpha value is -3.04. The SMILES string of the molecule is Cc1cc(C2(C)NC(=O)N(CC(=O)c3cc(C)n(CC(F)(F)F)c3C)C2=O)c(C)o1. The van der Waals surface area contributed by atoms with Gasteiger partial charge in [-0.3, -0.25) is 14.5 Å². The van der Waals surface area contributed by atoms with Crippen LogP contribution in [-0.4, -0.2) is 39.9 Å². The standard InChI is InChI=1S/C20H22F3N3O4/c1-10-6-14(12(3)26(10)9-20(21,22)23)16(27)8-25-17(28)19(5,24-18(25)29)15-7-11(2)30-13(15)4/h6-7H,8-9H2,1-5H3,(H,24,29). The molecule has 1 aliphatic rings. The van der Waals surface area contributed by atoms with Crippen molar-refractivity contribution in [2.45, 2.75) is 52.9 Å². The second-order valence-electron chi connectivity index (χ2n) is 7.68. The summed E-state index contributed by atoms with van der Waals surface area (Å²) >= 11 is 0. The highest BCUT2D eigenvalue weighted by molar-refractivity contribution is 6.11. The van der Waals surface area contributed by atoms with E-state index in [2.05, 4.69) is 5.32 Å². The molecule has 0 bridgehead atoms. The molecule has 0 radical (unpaired) electrons. The molecule has 3 amide bonds. The third-order valence-electron chi connectivity index (χ3n) is 5.37. The lowest BCUT2D eigenvalue weighted by molar-refractivity contribution is -0.141. The zero-order chi connectivity index (χ0) is 22.6. The average Bonchev–Trinajstić information content (AvgIpc) is 3.17. The molecule has 3 heterocycles. The smallest absolute Gasteiger partial charge is 0.406 e. The van der Waals surface area contributed by atoms with Crippen molar-refractivity contribution in [2.24, 2.45) is 0 Å². The molecule has 1 unspecified atom stereocenters. The molecule has 1 N–H and O–H groups in total. The minimum Gasteiger partial charge on any atom is -0.466 e. The van der Waals surface area contributed by atoms with Gasteiger partial charge in [0, 0.05) is 22.5 Å². The number of nitrogens with zero attached hydrogens (tertiary/aromatic N) is 2. The number of ketones is 1. The van der Waals surface area contributed by atoms with Gasteiger partial charge in [0.15, 0.2) is 5.78 Å². The van der Waals surface area contributed by atoms with Crippen molar-refractivity contribution in [2.75, 3.05) is 6.54 Å². The van der Waals surface area contributed by atoms with E-state index in [9.17, 15) is 27.6 Å². The minimum absolute atomic E-state index is 0.0429. The van der Waals surface area contributed by atoms with Crippen LogP contribution in [0.4, 0.5) is 18.0 Å². The van der Waals surface area contributed by atoms with E-state index in [-0.39, 0.29) is 17.0 Å². The summed E-state index contributed by atoms with van der Waals surface area (Å²) in [5.74, 6) is -0.219. The Kier molecular flexibility index (Phi) is 5.08. The van der Waals surface area contributed by atoms with Crippen molar-refractivity contribution in [3.8, 4) is 0 Å². The van der Waals surface area contributed by atoms with Gasteiger partial charge >= 0.3 is 12.2 Å². The first-order valence-electron chi connectivity index (χ1n) is 9.23. The Morgan fingerprint density at radius 2 is 1.80 bits per heavy atom. The van der Waals surface area contributed by atoms with E-state index >= 15 is 0 Å². The average molecular weight is 425 g/mol. The molecule has 1 fully saturated rings. The molecule has 7 nitrogen and oxygen atoms in total. The van der Waals surface area contributed by atoms with Crippen LogP contribution in [0.15, 0.2) is 16.5 Å². The zero-order valence-electron chi connectivity index (χ0n) is 17.2. The lowest BCUT2D eigenvalue weighted by atomic mass is 9.92. The van der Waals surface area contributed by atoms with Gasteiger partial charge in [-0.05, 0) is 46.8 Å². The second-order valence-corrected chi connectivity index (χ2v) is 7.68. The molecule has 30 heavy (non-hydrogen) atoms. The molecule has 2 aromatic rings. The number of furan rings is 1. The predicted octanol–water partition coefficient (Wildman–Crippen LogP) is 3.53. The normalized spacial score (nSPS) is 19.5. The first-order chi connectivity index (χ1) is 13.7. The Labute approximate surface area is 170 Å². The quantitative estimate of drug-likeness (QED) is 0.587. The van der Waals surface area contributed by atoms with E-state index in [1.54, 1.807) is 19.9 Å². The molecule has 10 heteroatoms. The maximum Gasteiger partial charge on any atom is 0.406 e. The van der Waals surface area contributed by atoms with E-state index in [1.165, 1.54) is 26.8 Å². The number of hydrogen-bond acceptors (Lipinski definition) is 4. The van der Waals surface area contributed by atoms with Crippen molar-refractivity contribution >= 4 is 17.7 Å². The molecule has 3 rings (SSSR count). The number of urea groups is 1. The fourth-order valence-electron chi connectivity index (χ4n) is 3.89. The molecular formula is C20H22F3N3O4. The van der Waals surface area contributed by atoms with E-state index in [0.717, 1.165) is 9.47 Å². The van der Waals surface area contributed by atoms with Crippen LogP contribution in [0.3, 0.4) is 0 Å². The summed E-state index contributed by atoms with van der Waals surface area (Å²) in [6.07, 6.45) is -4.44. The molecule has 0 saturated carbocycles. The molecule has 2 aromatic heterocycles. The number of carbonyl (C=O) groups is 3. The number of nitrogens with one attached hydrogen (secondary N) is 1. The van der Waals surface area contributed by atoms with Crippen molar-refractivity contribution < 1.29 is 32.0 Å². The maximum absolute atomic E-state index is 13.0. The van der Waals surface area contributed by atoms with Crippen molar-refractivity contribution in [1.29, 1.82) is 0 Å². The summed E-state index contributed by atoms with van der Waals surface area (Å²) < 4.78 is 44.8. The van der Waals surface area contributed by atoms with Crippen molar-refractivity contribution in [1.82, 2.24) is 14.8 Å². The number of halogens is 3. The Morgan fingerprint density at radius 3 is 2.33 bits per heavy atom. The summed E-state index contributed by atoms with van der Waals surface area (Å²) in [6.45, 7) is 5.95. The highest BCUT2D eigenvalue weighted by Crippen LogP contribution is 2.33. The van der Waals surface area contributed by atoms with Gasteiger partial charge < -0.3 is 14.3 Å². The molecule has 162 valence electrons. The van der Waals surface area contributed by atoms with Gasteiger partial charge in [-0.1, -0.05) is 0 Å². The number of hydrogen-bond donors (Lipinski definition) is 1. The third kappa shape index (κ3) is 3.61. The van der Waals surface area contributed by atoms with Gasteiger partial charge in [-0.15, -0.1) is 0 Å². The van der Waals surface area contributed by atoms with Crippen molar-refractivity contribution in [3.05, 3.63) is 46.2 Å². The fraction of sp³-hybridized carbons (Fsp3) is 0.450. The summed E-state index contributed by atoms with van der Waals surface area (Å²) in [5, 5.41) is 2.59. The maximum atomic E-state index is 13.0. The number of imide groups is 1. The number of alkyl halides is 3. The first-order valence-corrected chi connectivity index (χ1v) is 9.23. The number of amides is 3. The summed E-state index contributed by atoms with van der Waals surface area (Å²) in [5.41, 5.74) is -0.476. The molecule has 1 aliphatic heterocycles. The number of rotatable bonds is 5. The highest BCUT2D eigenvalue weighted by atomic mass is 19.4. The summed E-state index contributed by atoms with van der Waals surface area (Å²) in [6, 6.07) is 2.23. The first kappa shape index (κ1) is 21.7. The van der Waals surface area contributed by atoms with Crippen LogP contribution in [0.2, 0.25) is 0 Å². The third-order valence-corrected chi connectivity index (χ3v) is 5.37. The molecule has 1 atom stereocenters. The van der Waals surface area contributed by atoms with E-state index in [0.29, 0.717) is 17.1 Å². The minimum atomic E-state index is -4.44. The Morgan fingerprint density at radius 1 is 1.17 bits per heavy atom. The number of carbonyl (C=O) groups excluding carboxylic acids is 3. The Balaban J connectivity index is 1.86. The summed E-state index contributed by atoms with van der Waals surface area (Å²) in [7, 11) is 0. The van der Waals surface area contributed by atoms with E-state index < -0.39 is 42.5 Å². The molecule has 0 aliphatic carbocycles. The van der Waals surface area contributed by atoms with Crippen LogP contribution in [0, 0.1) is 27.7 Å². The van der Waals surface area contributed by atoms with Crippen LogP contribution in [0.25, 0.3) is 0 Å². The second kappa shape index (κ2) is 7.03. The fourth-order valence-corrected chi connectivity index (χ4v) is 3.89. The van der Waals surface area contributed by atoms with Crippen LogP contribution < -0.4 is 5.32 Å². The number of aryl methyl sites for hydroxylation is 3. The van der Waals surface area contributed by atoms with Gasteiger partial charge in [0.2, 0.25) is 0 Å². The Bertz CT molecular complexity index is 1050. The number of Topliss-reactive ketones (excluding diaryl/α,β-unsaturated/α-hetero) is 1. The molecule has 0 aromatic carbocycles. The van der Waals surface area contributed by atoms with Gasteiger partial charge in [-0.2, -0.15) is 13.2 Å². The topological polar surface area (TPSA) is 84.5 Å². The van der Waals surface area contributed by atoms with Gasteiger partial charge in [-0.25, -0.2) is 4.79 Å². The number of aromatic nitrogens is 1. The van der Waals surface area contributed by atoms with Gasteiger partial charge in [0.05, 0.1) is 6.54 Å². The van der Waals surface area contributed by atoms with Crippen LogP contribution in [0.1, 0.15) is 45.8 Å². The van der Waals surface area contributed by atoms with Crippen molar-refractivity contribution in [3.63, 3.8) is 0 Å². The predicted molar refractivity (Wildman–Crippen MR) is 100 cm³/mol. The lowest BCUT2D eigenvalue weighted by Gasteiger charge is -2.21. The molecular weight excluding hydrogens is 403 g/mol. The molecule has 1 saturated heterocycles. The van der Waals surface area contributed by atoms with E-state index in [4.69, 9.17) is 4.42 Å². The van der Waals surface area contributed by atoms with Gasteiger partial charge in [0.1, 0.15) is 23.6 Å². The monoisotopic (exact) mass is 425 g/mol. The van der Waals surface area contributed by atoms with Crippen LogP contribution in [0.5, 0.6) is 0 Å².